The van der Waals surface area contributed by atoms with Gasteiger partial charge in [0.05, 0.1) is 17.4 Å². The van der Waals surface area contributed by atoms with Gasteiger partial charge in [0.15, 0.2) is 0 Å². The zero-order valence-electron chi connectivity index (χ0n) is 13.2. The lowest BCUT2D eigenvalue weighted by molar-refractivity contribution is 0.370. The number of rotatable bonds is 2. The molecule has 0 saturated heterocycles. The highest BCUT2D eigenvalue weighted by Gasteiger charge is 2.31. The maximum atomic E-state index is 9.66. The summed E-state index contributed by atoms with van der Waals surface area (Å²) in [5, 5.41) is 13.1. The normalized spacial score (nSPS) is 22.8. The van der Waals surface area contributed by atoms with Crippen LogP contribution in [0.15, 0.2) is 36.3 Å². The summed E-state index contributed by atoms with van der Waals surface area (Å²) in [7, 11) is 0. The van der Waals surface area contributed by atoms with Crippen LogP contribution in [0, 0.1) is 11.3 Å². The van der Waals surface area contributed by atoms with Gasteiger partial charge >= 0.3 is 0 Å². The summed E-state index contributed by atoms with van der Waals surface area (Å²) in [6, 6.07) is 2.92. The van der Waals surface area contributed by atoms with E-state index < -0.39 is 0 Å². The number of hydrogen-bond acceptors (Lipinski definition) is 5. The van der Waals surface area contributed by atoms with E-state index >= 15 is 0 Å². The highest BCUT2D eigenvalue weighted by atomic mass is 15.2. The molecule has 5 nitrogen and oxygen atoms in total. The lowest BCUT2D eigenvalue weighted by Crippen LogP contribution is -2.28. The first-order valence-electron chi connectivity index (χ1n) is 8.19. The summed E-state index contributed by atoms with van der Waals surface area (Å²) in [6.45, 7) is 2.11. The van der Waals surface area contributed by atoms with E-state index in [1.54, 1.807) is 0 Å². The quantitative estimate of drug-likeness (QED) is 0.905. The SMILES string of the molecule is CC1c2cnc(NC3CCCC3)nc2C(C#N)=C2C=CC=CN21. The van der Waals surface area contributed by atoms with Gasteiger partial charge in [0, 0.05) is 24.0 Å². The Hall–Kier alpha value is -2.61. The molecule has 0 amide bonds. The topological polar surface area (TPSA) is 64.8 Å². The van der Waals surface area contributed by atoms with Crippen LogP contribution in [0.2, 0.25) is 0 Å². The Labute approximate surface area is 136 Å². The number of anilines is 1. The first-order chi connectivity index (χ1) is 11.3. The average Bonchev–Trinajstić information content (AvgIpc) is 3.08. The lowest BCUT2D eigenvalue weighted by Gasteiger charge is -2.35. The molecule has 4 rings (SSSR count). The molecule has 1 atom stereocenters. The number of nitrogens with one attached hydrogen (secondary N) is 1. The Morgan fingerprint density at radius 3 is 2.91 bits per heavy atom. The molecule has 3 aliphatic rings. The van der Waals surface area contributed by atoms with Crippen LogP contribution >= 0.6 is 0 Å². The highest BCUT2D eigenvalue weighted by Crippen LogP contribution is 2.39. The zero-order valence-corrected chi connectivity index (χ0v) is 13.2. The van der Waals surface area contributed by atoms with Crippen molar-refractivity contribution in [3.8, 4) is 6.07 Å². The summed E-state index contributed by atoms with van der Waals surface area (Å²) in [4.78, 5) is 11.3. The molecule has 1 unspecified atom stereocenters. The third-order valence-corrected chi connectivity index (χ3v) is 4.87. The third kappa shape index (κ3) is 2.31. The molecule has 0 spiro atoms. The molecule has 23 heavy (non-hydrogen) atoms. The van der Waals surface area contributed by atoms with Crippen molar-refractivity contribution in [1.82, 2.24) is 14.9 Å². The zero-order chi connectivity index (χ0) is 15.8. The second-order valence-electron chi connectivity index (χ2n) is 6.28. The summed E-state index contributed by atoms with van der Waals surface area (Å²) in [6.07, 6.45) is 14.7. The molecule has 0 bridgehead atoms. The number of fused-ring (bicyclic) bond motifs is 2. The Morgan fingerprint density at radius 2 is 2.13 bits per heavy atom. The van der Waals surface area contributed by atoms with Gasteiger partial charge in [-0.2, -0.15) is 5.26 Å². The fourth-order valence-electron chi connectivity index (χ4n) is 3.61. The van der Waals surface area contributed by atoms with Crippen molar-refractivity contribution in [3.63, 3.8) is 0 Å². The number of nitriles is 1. The molecule has 0 aromatic carbocycles. The molecule has 2 aliphatic heterocycles. The van der Waals surface area contributed by atoms with E-state index in [1.807, 2.05) is 30.6 Å². The fourth-order valence-corrected chi connectivity index (χ4v) is 3.61. The van der Waals surface area contributed by atoms with Crippen molar-refractivity contribution in [2.75, 3.05) is 5.32 Å². The van der Waals surface area contributed by atoms with Crippen LogP contribution in [-0.4, -0.2) is 20.9 Å². The van der Waals surface area contributed by atoms with Crippen LogP contribution in [0.1, 0.15) is 49.9 Å². The Bertz CT molecular complexity index is 762. The van der Waals surface area contributed by atoms with Gasteiger partial charge < -0.3 is 10.2 Å². The molecule has 1 aromatic heterocycles. The van der Waals surface area contributed by atoms with Crippen molar-refractivity contribution in [2.24, 2.45) is 0 Å². The summed E-state index contributed by atoms with van der Waals surface area (Å²) >= 11 is 0. The van der Waals surface area contributed by atoms with E-state index in [0.29, 0.717) is 17.6 Å². The third-order valence-electron chi connectivity index (χ3n) is 4.87. The molecule has 0 radical (unpaired) electrons. The smallest absolute Gasteiger partial charge is 0.223 e. The molecule has 5 heteroatoms. The van der Waals surface area contributed by atoms with Gasteiger partial charge in [-0.3, -0.25) is 0 Å². The fraction of sp³-hybridized carbons (Fsp3) is 0.389. The minimum Gasteiger partial charge on any atom is -0.351 e. The average molecular weight is 305 g/mol. The van der Waals surface area contributed by atoms with E-state index in [-0.39, 0.29) is 6.04 Å². The molecule has 1 N–H and O–H groups in total. The van der Waals surface area contributed by atoms with Crippen molar-refractivity contribution < 1.29 is 0 Å². The summed E-state index contributed by atoms with van der Waals surface area (Å²) in [5.41, 5.74) is 3.31. The van der Waals surface area contributed by atoms with Gasteiger partial charge in [-0.1, -0.05) is 18.9 Å². The van der Waals surface area contributed by atoms with Crippen LogP contribution < -0.4 is 5.32 Å². The molecule has 1 fully saturated rings. The standard InChI is InChI=1S/C18H19N5/c1-12-15-11-20-18(21-13-6-2-3-7-13)22-17(15)14(10-19)16-8-4-5-9-23(12)16/h4-5,8-9,11-13H,2-3,6-7H2,1H3,(H,20,21,22). The van der Waals surface area contributed by atoms with E-state index in [4.69, 9.17) is 0 Å². The second-order valence-corrected chi connectivity index (χ2v) is 6.28. The Kier molecular flexibility index (Phi) is 3.38. The summed E-state index contributed by atoms with van der Waals surface area (Å²) < 4.78 is 0. The first kappa shape index (κ1) is 14.0. The van der Waals surface area contributed by atoms with Gasteiger partial charge in [-0.15, -0.1) is 0 Å². The van der Waals surface area contributed by atoms with Crippen molar-refractivity contribution in [3.05, 3.63) is 47.6 Å². The second kappa shape index (κ2) is 5.54. The summed E-state index contributed by atoms with van der Waals surface area (Å²) in [5.74, 6) is 0.639. The van der Waals surface area contributed by atoms with Crippen LogP contribution in [-0.2, 0) is 0 Å². The predicted octanol–water partition coefficient (Wildman–Crippen LogP) is 3.53. The molecule has 1 aromatic rings. The van der Waals surface area contributed by atoms with Crippen molar-refractivity contribution in [1.29, 1.82) is 5.26 Å². The van der Waals surface area contributed by atoms with E-state index in [1.165, 1.54) is 25.7 Å². The number of nitrogens with zero attached hydrogens (tertiary/aromatic N) is 4. The maximum absolute atomic E-state index is 9.66. The first-order valence-corrected chi connectivity index (χ1v) is 8.19. The largest absolute Gasteiger partial charge is 0.351 e. The Balaban J connectivity index is 1.76. The number of aromatic nitrogens is 2. The van der Waals surface area contributed by atoms with E-state index in [0.717, 1.165) is 17.0 Å². The molecule has 1 saturated carbocycles. The molecule has 3 heterocycles. The molecule has 116 valence electrons. The molecular weight excluding hydrogens is 286 g/mol. The van der Waals surface area contributed by atoms with Crippen LogP contribution in [0.4, 0.5) is 5.95 Å². The minimum absolute atomic E-state index is 0.124. The van der Waals surface area contributed by atoms with Gasteiger partial charge in [0.1, 0.15) is 11.6 Å². The van der Waals surface area contributed by atoms with E-state index in [2.05, 4.69) is 33.2 Å². The van der Waals surface area contributed by atoms with Crippen molar-refractivity contribution >= 4 is 11.5 Å². The number of allylic oxidation sites excluding steroid dienone is 4. The van der Waals surface area contributed by atoms with Gasteiger partial charge in [-0.05, 0) is 31.9 Å². The minimum atomic E-state index is 0.124. The highest BCUT2D eigenvalue weighted by molar-refractivity contribution is 5.83. The lowest BCUT2D eigenvalue weighted by atomic mass is 9.94. The monoisotopic (exact) mass is 305 g/mol. The molecule has 1 aliphatic carbocycles. The van der Waals surface area contributed by atoms with Crippen molar-refractivity contribution in [2.45, 2.75) is 44.7 Å². The van der Waals surface area contributed by atoms with Gasteiger partial charge in [-0.25, -0.2) is 9.97 Å². The van der Waals surface area contributed by atoms with Gasteiger partial charge in [0.25, 0.3) is 0 Å². The van der Waals surface area contributed by atoms with Crippen LogP contribution in [0.25, 0.3) is 5.57 Å². The predicted molar refractivity (Wildman–Crippen MR) is 89.0 cm³/mol. The number of hydrogen-bond donors (Lipinski definition) is 1. The van der Waals surface area contributed by atoms with Crippen LogP contribution in [0.3, 0.4) is 0 Å². The van der Waals surface area contributed by atoms with Crippen LogP contribution in [0.5, 0.6) is 0 Å². The Morgan fingerprint density at radius 1 is 1.30 bits per heavy atom. The molecular formula is C18H19N5. The van der Waals surface area contributed by atoms with Gasteiger partial charge in [0.2, 0.25) is 5.95 Å². The van der Waals surface area contributed by atoms with E-state index in [9.17, 15) is 5.26 Å². The maximum Gasteiger partial charge on any atom is 0.223 e.